The van der Waals surface area contributed by atoms with E-state index in [4.69, 9.17) is 0 Å². The molecule has 1 saturated heterocycles. The number of anilines is 1. The minimum Gasteiger partial charge on any atom is -0.396 e. The van der Waals surface area contributed by atoms with E-state index in [1.807, 2.05) is 25.1 Å². The number of aryl methyl sites for hydroxylation is 1. The Balaban J connectivity index is 2.21. The molecular weight excluding hydrogens is 276 g/mol. The fraction of sp³-hybridized carbons (Fsp3) is 0.571. The van der Waals surface area contributed by atoms with E-state index in [9.17, 15) is 13.5 Å². The van der Waals surface area contributed by atoms with Gasteiger partial charge in [0.2, 0.25) is 0 Å². The Hall–Kier alpha value is -1.11. The number of hydrogen-bond acceptors (Lipinski definition) is 3. The SMILES string of the molecule is Cc1cccc(N(C)S(=O)(=O)N2CCCC(CO)C2)c1. The molecule has 1 aliphatic rings. The van der Waals surface area contributed by atoms with Gasteiger partial charge in [-0.2, -0.15) is 12.7 Å². The predicted molar refractivity (Wildman–Crippen MR) is 79.9 cm³/mol. The number of piperidine rings is 1. The van der Waals surface area contributed by atoms with Crippen LogP contribution in [-0.4, -0.2) is 44.6 Å². The van der Waals surface area contributed by atoms with Crippen molar-refractivity contribution >= 4 is 15.9 Å². The second-order valence-corrected chi connectivity index (χ2v) is 7.32. The van der Waals surface area contributed by atoms with Gasteiger partial charge in [-0.25, -0.2) is 0 Å². The first-order valence-electron chi connectivity index (χ1n) is 6.86. The van der Waals surface area contributed by atoms with Gasteiger partial charge in [-0.15, -0.1) is 0 Å². The third-order valence-corrected chi connectivity index (χ3v) is 5.66. The average Bonchev–Trinajstić information content (AvgIpc) is 2.46. The number of nitrogens with zero attached hydrogens (tertiary/aromatic N) is 2. The zero-order chi connectivity index (χ0) is 14.8. The molecule has 6 heteroatoms. The lowest BCUT2D eigenvalue weighted by atomic mass is 10.0. The van der Waals surface area contributed by atoms with Crippen molar-refractivity contribution < 1.29 is 13.5 Å². The molecule has 0 bridgehead atoms. The molecule has 1 unspecified atom stereocenters. The maximum absolute atomic E-state index is 12.6. The first kappa shape index (κ1) is 15.3. The molecule has 0 amide bonds. The second-order valence-electron chi connectivity index (χ2n) is 5.36. The Bertz CT molecular complexity index is 559. The normalized spacial score (nSPS) is 20.9. The standard InChI is InChI=1S/C14H22N2O3S/c1-12-5-3-7-14(9-12)15(2)20(18,19)16-8-4-6-13(10-16)11-17/h3,5,7,9,13,17H,4,6,8,10-11H2,1-2H3. The van der Waals surface area contributed by atoms with Crippen LogP contribution in [0.1, 0.15) is 18.4 Å². The van der Waals surface area contributed by atoms with E-state index in [1.54, 1.807) is 13.1 Å². The third kappa shape index (κ3) is 3.13. The molecule has 2 rings (SSSR count). The first-order chi connectivity index (χ1) is 9.45. The molecule has 0 aliphatic carbocycles. The van der Waals surface area contributed by atoms with Crippen LogP contribution in [0, 0.1) is 12.8 Å². The number of aliphatic hydroxyl groups is 1. The Morgan fingerprint density at radius 1 is 1.45 bits per heavy atom. The van der Waals surface area contributed by atoms with Crippen molar-refractivity contribution in [2.24, 2.45) is 5.92 Å². The van der Waals surface area contributed by atoms with Crippen molar-refractivity contribution in [1.82, 2.24) is 4.31 Å². The van der Waals surface area contributed by atoms with Crippen molar-refractivity contribution in [3.05, 3.63) is 29.8 Å². The lowest BCUT2D eigenvalue weighted by molar-refractivity contribution is 0.165. The van der Waals surface area contributed by atoms with Crippen molar-refractivity contribution in [2.75, 3.05) is 31.0 Å². The summed E-state index contributed by atoms with van der Waals surface area (Å²) in [6.07, 6.45) is 1.68. The van der Waals surface area contributed by atoms with Gasteiger partial charge in [0.25, 0.3) is 0 Å². The summed E-state index contributed by atoms with van der Waals surface area (Å²) in [6.45, 7) is 2.90. The number of rotatable bonds is 4. The highest BCUT2D eigenvalue weighted by atomic mass is 32.2. The molecule has 1 aromatic carbocycles. The highest BCUT2D eigenvalue weighted by Gasteiger charge is 2.31. The average molecular weight is 298 g/mol. The third-order valence-electron chi connectivity index (χ3n) is 3.78. The van der Waals surface area contributed by atoms with Crippen molar-refractivity contribution in [2.45, 2.75) is 19.8 Å². The molecule has 0 spiro atoms. The van der Waals surface area contributed by atoms with Crippen molar-refractivity contribution in [3.8, 4) is 0 Å². The van der Waals surface area contributed by atoms with E-state index in [1.165, 1.54) is 8.61 Å². The maximum Gasteiger partial charge on any atom is 0.303 e. The van der Waals surface area contributed by atoms with Gasteiger partial charge in [0, 0.05) is 26.7 Å². The molecule has 1 aromatic rings. The topological polar surface area (TPSA) is 60.9 Å². The summed E-state index contributed by atoms with van der Waals surface area (Å²) < 4.78 is 28.0. The molecule has 1 aliphatic heterocycles. The van der Waals surface area contributed by atoms with E-state index < -0.39 is 10.2 Å². The number of hydrogen-bond donors (Lipinski definition) is 1. The summed E-state index contributed by atoms with van der Waals surface area (Å²) in [4.78, 5) is 0. The Morgan fingerprint density at radius 3 is 2.85 bits per heavy atom. The summed E-state index contributed by atoms with van der Waals surface area (Å²) in [7, 11) is -1.94. The van der Waals surface area contributed by atoms with Gasteiger partial charge in [-0.1, -0.05) is 12.1 Å². The van der Waals surface area contributed by atoms with E-state index in [0.29, 0.717) is 18.8 Å². The summed E-state index contributed by atoms with van der Waals surface area (Å²) in [5.41, 5.74) is 1.69. The van der Waals surface area contributed by atoms with Gasteiger partial charge in [0.15, 0.2) is 0 Å². The zero-order valence-corrected chi connectivity index (χ0v) is 12.8. The molecular formula is C14H22N2O3S. The van der Waals surface area contributed by atoms with Gasteiger partial charge in [-0.05, 0) is 43.4 Å². The molecule has 0 radical (unpaired) electrons. The van der Waals surface area contributed by atoms with Gasteiger partial charge >= 0.3 is 10.2 Å². The molecule has 1 heterocycles. The molecule has 20 heavy (non-hydrogen) atoms. The van der Waals surface area contributed by atoms with Crippen LogP contribution in [-0.2, 0) is 10.2 Å². The van der Waals surface area contributed by atoms with Crippen LogP contribution in [0.25, 0.3) is 0 Å². The number of benzene rings is 1. The smallest absolute Gasteiger partial charge is 0.303 e. The Morgan fingerprint density at radius 2 is 2.20 bits per heavy atom. The van der Waals surface area contributed by atoms with Crippen molar-refractivity contribution in [1.29, 1.82) is 0 Å². The van der Waals surface area contributed by atoms with Crippen LogP contribution in [0.2, 0.25) is 0 Å². The summed E-state index contributed by atoms with van der Waals surface area (Å²) in [5, 5.41) is 9.23. The molecule has 5 nitrogen and oxygen atoms in total. The van der Waals surface area contributed by atoms with Gasteiger partial charge < -0.3 is 5.11 Å². The summed E-state index contributed by atoms with van der Waals surface area (Å²) >= 11 is 0. The summed E-state index contributed by atoms with van der Waals surface area (Å²) in [6, 6.07) is 7.43. The lowest BCUT2D eigenvalue weighted by Gasteiger charge is -2.34. The quantitative estimate of drug-likeness (QED) is 0.913. The minimum atomic E-state index is -3.52. The maximum atomic E-state index is 12.6. The number of aliphatic hydroxyl groups excluding tert-OH is 1. The highest BCUT2D eigenvalue weighted by Crippen LogP contribution is 2.24. The van der Waals surface area contributed by atoms with Crippen LogP contribution >= 0.6 is 0 Å². The zero-order valence-electron chi connectivity index (χ0n) is 12.0. The molecule has 0 aromatic heterocycles. The van der Waals surface area contributed by atoms with Crippen LogP contribution in [0.3, 0.4) is 0 Å². The molecule has 0 saturated carbocycles. The van der Waals surface area contributed by atoms with E-state index in [0.717, 1.165) is 18.4 Å². The van der Waals surface area contributed by atoms with Crippen LogP contribution in [0.4, 0.5) is 5.69 Å². The van der Waals surface area contributed by atoms with E-state index in [-0.39, 0.29) is 12.5 Å². The van der Waals surface area contributed by atoms with Crippen LogP contribution in [0.5, 0.6) is 0 Å². The van der Waals surface area contributed by atoms with Gasteiger partial charge in [0.1, 0.15) is 0 Å². The molecule has 112 valence electrons. The van der Waals surface area contributed by atoms with E-state index in [2.05, 4.69) is 0 Å². The Kier molecular flexibility index (Phi) is 4.67. The Labute approximate surface area is 121 Å². The van der Waals surface area contributed by atoms with E-state index >= 15 is 0 Å². The summed E-state index contributed by atoms with van der Waals surface area (Å²) in [5.74, 6) is 0.0458. The highest BCUT2D eigenvalue weighted by molar-refractivity contribution is 7.90. The van der Waals surface area contributed by atoms with Gasteiger partial charge in [-0.3, -0.25) is 4.31 Å². The first-order valence-corrected chi connectivity index (χ1v) is 8.26. The molecule has 1 atom stereocenters. The second kappa shape index (κ2) is 6.11. The van der Waals surface area contributed by atoms with Crippen LogP contribution < -0.4 is 4.31 Å². The molecule has 1 fully saturated rings. The van der Waals surface area contributed by atoms with Crippen molar-refractivity contribution in [3.63, 3.8) is 0 Å². The molecule has 1 N–H and O–H groups in total. The predicted octanol–water partition coefficient (Wildman–Crippen LogP) is 1.38. The largest absolute Gasteiger partial charge is 0.396 e. The van der Waals surface area contributed by atoms with Gasteiger partial charge in [0.05, 0.1) is 5.69 Å². The lowest BCUT2D eigenvalue weighted by Crippen LogP contribution is -2.47. The fourth-order valence-corrected chi connectivity index (χ4v) is 4.00. The monoisotopic (exact) mass is 298 g/mol. The fourth-order valence-electron chi connectivity index (χ4n) is 2.52. The van der Waals surface area contributed by atoms with Crippen LogP contribution in [0.15, 0.2) is 24.3 Å². The minimum absolute atomic E-state index is 0.0418.